The number of nitrogen functional groups attached to an aromatic ring is 2. The van der Waals surface area contributed by atoms with Crippen LogP contribution in [-0.4, -0.2) is 0 Å². The number of benzene rings is 4. The van der Waals surface area contributed by atoms with Crippen molar-refractivity contribution >= 4 is 11.4 Å². The van der Waals surface area contributed by atoms with Gasteiger partial charge >= 0.3 is 0 Å². The summed E-state index contributed by atoms with van der Waals surface area (Å²) in [7, 11) is 0. The molecule has 4 aromatic rings. The van der Waals surface area contributed by atoms with Crippen molar-refractivity contribution in [3.8, 4) is 33.8 Å². The summed E-state index contributed by atoms with van der Waals surface area (Å²) in [6, 6.07) is 31.4. The summed E-state index contributed by atoms with van der Waals surface area (Å²) in [6.07, 6.45) is 0. The van der Waals surface area contributed by atoms with Gasteiger partial charge in [0.1, 0.15) is 11.5 Å². The van der Waals surface area contributed by atoms with E-state index in [1.807, 2.05) is 97.1 Å². The van der Waals surface area contributed by atoms with E-state index in [9.17, 15) is 0 Å². The minimum Gasteiger partial charge on any atom is -0.456 e. The van der Waals surface area contributed by atoms with Gasteiger partial charge in [0.2, 0.25) is 0 Å². The number of rotatable bonds is 4. The smallest absolute Gasteiger partial charge is 0.137 e. The third-order valence-corrected chi connectivity index (χ3v) is 4.46. The summed E-state index contributed by atoms with van der Waals surface area (Å²) in [4.78, 5) is 0. The highest BCUT2D eigenvalue weighted by molar-refractivity contribution is 5.85. The molecule has 0 aliphatic carbocycles. The fourth-order valence-electron chi connectivity index (χ4n) is 3.21. The topological polar surface area (TPSA) is 61.3 Å². The lowest BCUT2D eigenvalue weighted by atomic mass is 10.0. The van der Waals surface area contributed by atoms with E-state index in [0.717, 1.165) is 22.3 Å². The summed E-state index contributed by atoms with van der Waals surface area (Å²) in [5.74, 6) is 1.40. The van der Waals surface area contributed by atoms with E-state index in [-0.39, 0.29) is 0 Å². The molecule has 0 aliphatic rings. The number of ether oxygens (including phenoxy) is 1. The maximum absolute atomic E-state index is 6.35. The zero-order chi connectivity index (χ0) is 18.6. The van der Waals surface area contributed by atoms with E-state index in [1.54, 1.807) is 0 Å². The van der Waals surface area contributed by atoms with E-state index in [1.165, 1.54) is 0 Å². The highest BCUT2D eigenvalue weighted by Crippen LogP contribution is 2.42. The molecule has 3 nitrogen and oxygen atoms in total. The first-order chi connectivity index (χ1) is 13.2. The Labute approximate surface area is 158 Å². The Morgan fingerprint density at radius 2 is 0.852 bits per heavy atom. The predicted octanol–water partition coefficient (Wildman–Crippen LogP) is 5.98. The van der Waals surface area contributed by atoms with Gasteiger partial charge in [-0.2, -0.15) is 0 Å². The Balaban J connectivity index is 1.84. The van der Waals surface area contributed by atoms with Crippen LogP contribution in [0.1, 0.15) is 0 Å². The molecular weight excluding hydrogens is 332 g/mol. The van der Waals surface area contributed by atoms with Crippen molar-refractivity contribution in [3.05, 3.63) is 97.1 Å². The van der Waals surface area contributed by atoms with Crippen LogP contribution < -0.4 is 16.2 Å². The first-order valence-electron chi connectivity index (χ1n) is 8.79. The van der Waals surface area contributed by atoms with Gasteiger partial charge in [-0.3, -0.25) is 0 Å². The Kier molecular flexibility index (Phi) is 4.50. The monoisotopic (exact) mass is 352 g/mol. The fourth-order valence-corrected chi connectivity index (χ4v) is 3.21. The largest absolute Gasteiger partial charge is 0.456 e. The fraction of sp³-hybridized carbons (Fsp3) is 0. The molecule has 0 atom stereocenters. The van der Waals surface area contributed by atoms with Crippen LogP contribution in [-0.2, 0) is 0 Å². The number of anilines is 2. The molecule has 0 amide bonds. The third kappa shape index (κ3) is 3.35. The minimum absolute atomic E-state index is 0.670. The molecule has 132 valence electrons. The molecule has 27 heavy (non-hydrogen) atoms. The lowest BCUT2D eigenvalue weighted by Gasteiger charge is -2.17. The second-order valence-electron chi connectivity index (χ2n) is 6.27. The lowest BCUT2D eigenvalue weighted by molar-refractivity contribution is 0.487. The van der Waals surface area contributed by atoms with Gasteiger partial charge in [0.15, 0.2) is 0 Å². The van der Waals surface area contributed by atoms with Crippen LogP contribution >= 0.6 is 0 Å². The van der Waals surface area contributed by atoms with E-state index < -0.39 is 0 Å². The molecule has 0 bridgehead atoms. The van der Waals surface area contributed by atoms with Crippen molar-refractivity contribution in [3.63, 3.8) is 0 Å². The molecule has 0 fully saturated rings. The summed E-state index contributed by atoms with van der Waals surface area (Å²) in [5.41, 5.74) is 17.7. The number of hydrogen-bond donors (Lipinski definition) is 2. The van der Waals surface area contributed by atoms with Crippen LogP contribution in [0, 0.1) is 0 Å². The second-order valence-corrected chi connectivity index (χ2v) is 6.27. The summed E-state index contributed by atoms with van der Waals surface area (Å²) < 4.78 is 6.35. The van der Waals surface area contributed by atoms with Crippen molar-refractivity contribution in [1.82, 2.24) is 0 Å². The standard InChI is InChI=1S/C24H20N2O/c25-19-13-7-15-21(23(19)17-9-3-1-4-10-17)27-22-16-8-14-20(26)24(22)18-11-5-2-6-12-18/h1-16H,25-26H2. The van der Waals surface area contributed by atoms with Gasteiger partial charge in [-0.25, -0.2) is 0 Å². The average Bonchev–Trinajstić information content (AvgIpc) is 2.70. The lowest BCUT2D eigenvalue weighted by Crippen LogP contribution is -1.97. The molecule has 0 aromatic heterocycles. The van der Waals surface area contributed by atoms with Crippen molar-refractivity contribution < 1.29 is 4.74 Å². The van der Waals surface area contributed by atoms with E-state index >= 15 is 0 Å². The van der Waals surface area contributed by atoms with Crippen molar-refractivity contribution in [2.75, 3.05) is 11.5 Å². The normalized spacial score (nSPS) is 10.5. The molecule has 0 saturated heterocycles. The summed E-state index contributed by atoms with van der Waals surface area (Å²) in [6.45, 7) is 0. The Morgan fingerprint density at radius 3 is 1.26 bits per heavy atom. The predicted molar refractivity (Wildman–Crippen MR) is 113 cm³/mol. The van der Waals surface area contributed by atoms with Crippen molar-refractivity contribution in [1.29, 1.82) is 0 Å². The maximum Gasteiger partial charge on any atom is 0.137 e. The Hall–Kier alpha value is -3.72. The molecule has 0 aliphatic heterocycles. The van der Waals surface area contributed by atoms with Crippen LogP contribution in [0.4, 0.5) is 11.4 Å². The first-order valence-corrected chi connectivity index (χ1v) is 8.79. The van der Waals surface area contributed by atoms with E-state index in [0.29, 0.717) is 22.9 Å². The molecule has 3 heteroatoms. The average molecular weight is 352 g/mol. The van der Waals surface area contributed by atoms with Gasteiger partial charge in [0.05, 0.1) is 0 Å². The Bertz CT molecular complexity index is 973. The van der Waals surface area contributed by atoms with Crippen LogP contribution in [0.2, 0.25) is 0 Å². The van der Waals surface area contributed by atoms with Crippen molar-refractivity contribution in [2.45, 2.75) is 0 Å². The van der Waals surface area contributed by atoms with Crippen LogP contribution in [0.15, 0.2) is 97.1 Å². The quantitative estimate of drug-likeness (QED) is 0.444. The zero-order valence-corrected chi connectivity index (χ0v) is 14.8. The number of hydrogen-bond acceptors (Lipinski definition) is 3. The molecule has 0 spiro atoms. The SMILES string of the molecule is Nc1cccc(Oc2cccc(N)c2-c2ccccc2)c1-c1ccccc1. The van der Waals surface area contributed by atoms with Gasteiger partial charge in [0, 0.05) is 22.5 Å². The zero-order valence-electron chi connectivity index (χ0n) is 14.8. The first kappa shape index (κ1) is 16.7. The molecule has 4 aromatic carbocycles. The van der Waals surface area contributed by atoms with Gasteiger partial charge in [-0.15, -0.1) is 0 Å². The third-order valence-electron chi connectivity index (χ3n) is 4.46. The van der Waals surface area contributed by atoms with Crippen LogP contribution in [0.25, 0.3) is 22.3 Å². The van der Waals surface area contributed by atoms with E-state index in [2.05, 4.69) is 0 Å². The molecule has 0 radical (unpaired) electrons. The highest BCUT2D eigenvalue weighted by atomic mass is 16.5. The Morgan fingerprint density at radius 1 is 0.444 bits per heavy atom. The van der Waals surface area contributed by atoms with Gasteiger partial charge in [0.25, 0.3) is 0 Å². The van der Waals surface area contributed by atoms with Crippen LogP contribution in [0.3, 0.4) is 0 Å². The summed E-state index contributed by atoms with van der Waals surface area (Å²) >= 11 is 0. The summed E-state index contributed by atoms with van der Waals surface area (Å²) in [5, 5.41) is 0. The van der Waals surface area contributed by atoms with E-state index in [4.69, 9.17) is 16.2 Å². The van der Waals surface area contributed by atoms with Gasteiger partial charge in [-0.1, -0.05) is 72.8 Å². The maximum atomic E-state index is 6.35. The molecule has 4 N–H and O–H groups in total. The van der Waals surface area contributed by atoms with Gasteiger partial charge in [-0.05, 0) is 35.4 Å². The second kappa shape index (κ2) is 7.26. The van der Waals surface area contributed by atoms with Crippen LogP contribution in [0.5, 0.6) is 11.5 Å². The molecule has 0 saturated carbocycles. The molecule has 0 unspecified atom stereocenters. The molecule has 0 heterocycles. The number of nitrogens with two attached hydrogens (primary N) is 2. The van der Waals surface area contributed by atoms with Gasteiger partial charge < -0.3 is 16.2 Å². The molecule has 4 rings (SSSR count). The minimum atomic E-state index is 0.670. The molecular formula is C24H20N2O. The highest BCUT2D eigenvalue weighted by Gasteiger charge is 2.15. The van der Waals surface area contributed by atoms with Crippen molar-refractivity contribution in [2.24, 2.45) is 0 Å².